The molecule has 10 heteroatoms. The maximum absolute atomic E-state index is 13.4. The van der Waals surface area contributed by atoms with Crippen LogP contribution >= 0.6 is 11.6 Å². The Morgan fingerprint density at radius 2 is 1.86 bits per heavy atom. The molecular formula is C25H24ClN5O4. The summed E-state index contributed by atoms with van der Waals surface area (Å²) in [6, 6.07) is 12.0. The van der Waals surface area contributed by atoms with Crippen molar-refractivity contribution in [3.63, 3.8) is 0 Å². The van der Waals surface area contributed by atoms with Gasteiger partial charge in [-0.25, -0.2) is 9.97 Å². The maximum atomic E-state index is 13.4. The van der Waals surface area contributed by atoms with Crippen LogP contribution in [-0.4, -0.2) is 36.6 Å². The number of benzene rings is 1. The lowest BCUT2D eigenvalue weighted by Crippen LogP contribution is -2.36. The Morgan fingerprint density at radius 1 is 1.11 bits per heavy atom. The molecule has 0 atom stereocenters. The fourth-order valence-electron chi connectivity index (χ4n) is 3.47. The number of nitrogens with zero attached hydrogens (tertiary/aromatic N) is 4. The van der Waals surface area contributed by atoms with Crippen LogP contribution < -0.4 is 10.9 Å². The summed E-state index contributed by atoms with van der Waals surface area (Å²) in [4.78, 5) is 47.6. The number of amides is 1. The Kier molecular flexibility index (Phi) is 6.70. The second-order valence-electron chi connectivity index (χ2n) is 8.90. The monoisotopic (exact) mass is 493 g/mol. The molecule has 0 bridgehead atoms. The molecular weight excluding hydrogens is 470 g/mol. The molecule has 0 aliphatic carbocycles. The lowest BCUT2D eigenvalue weighted by molar-refractivity contribution is -0.155. The van der Waals surface area contributed by atoms with Crippen molar-refractivity contribution < 1.29 is 14.3 Å². The topological polar surface area (TPSA) is 108 Å². The number of hydrogen-bond donors (Lipinski definition) is 1. The quantitative estimate of drug-likeness (QED) is 0.412. The molecule has 0 spiro atoms. The highest BCUT2D eigenvalue weighted by molar-refractivity contribution is 6.30. The van der Waals surface area contributed by atoms with Gasteiger partial charge < -0.3 is 10.1 Å². The summed E-state index contributed by atoms with van der Waals surface area (Å²) in [5.74, 6) is -0.676. The molecule has 0 saturated carbocycles. The molecule has 3 aromatic heterocycles. The first kappa shape index (κ1) is 24.2. The number of fused-ring (bicyclic) bond motifs is 1. The number of ether oxygens (including phenoxy) is 1. The van der Waals surface area contributed by atoms with E-state index in [1.165, 1.54) is 10.6 Å². The molecule has 0 fully saturated rings. The number of carbonyl (C=O) groups is 2. The number of hydrogen-bond acceptors (Lipinski definition) is 6. The van der Waals surface area contributed by atoms with Gasteiger partial charge in [-0.2, -0.15) is 0 Å². The third kappa shape index (κ3) is 5.75. The van der Waals surface area contributed by atoms with Gasteiger partial charge in [-0.1, -0.05) is 23.7 Å². The van der Waals surface area contributed by atoms with Gasteiger partial charge in [-0.05, 0) is 56.7 Å². The minimum atomic E-state index is -0.737. The Balaban J connectivity index is 1.73. The SMILES string of the molecule is CC(C)(C)OC(=O)Cn1c(=O)c(C(=O)NCc2ccc(Cl)cc2)cc2ccc(-n3ccnc3)nc21. The summed E-state index contributed by atoms with van der Waals surface area (Å²) in [6.45, 7) is 5.02. The van der Waals surface area contributed by atoms with E-state index in [9.17, 15) is 14.4 Å². The van der Waals surface area contributed by atoms with Crippen LogP contribution in [0.25, 0.3) is 16.9 Å². The molecule has 9 nitrogen and oxygen atoms in total. The zero-order valence-corrected chi connectivity index (χ0v) is 20.2. The van der Waals surface area contributed by atoms with Gasteiger partial charge in [0, 0.05) is 29.3 Å². The van der Waals surface area contributed by atoms with Gasteiger partial charge in [0.1, 0.15) is 35.5 Å². The van der Waals surface area contributed by atoms with E-state index < -0.39 is 29.6 Å². The van der Waals surface area contributed by atoms with Crippen molar-refractivity contribution in [1.29, 1.82) is 0 Å². The van der Waals surface area contributed by atoms with E-state index in [2.05, 4.69) is 15.3 Å². The normalized spacial score (nSPS) is 11.4. The number of imidazole rings is 1. The number of rotatable bonds is 6. The summed E-state index contributed by atoms with van der Waals surface area (Å²) in [6.07, 6.45) is 4.89. The Hall–Kier alpha value is -3.98. The Morgan fingerprint density at radius 3 is 2.51 bits per heavy atom. The zero-order chi connectivity index (χ0) is 25.2. The highest BCUT2D eigenvalue weighted by Crippen LogP contribution is 2.17. The van der Waals surface area contributed by atoms with E-state index >= 15 is 0 Å². The Labute approximate surface area is 206 Å². The third-order valence-corrected chi connectivity index (χ3v) is 5.26. The minimum Gasteiger partial charge on any atom is -0.459 e. The van der Waals surface area contributed by atoms with Gasteiger partial charge >= 0.3 is 5.97 Å². The van der Waals surface area contributed by atoms with Crippen molar-refractivity contribution in [2.24, 2.45) is 0 Å². The van der Waals surface area contributed by atoms with E-state index in [1.807, 2.05) is 0 Å². The summed E-state index contributed by atoms with van der Waals surface area (Å²) < 4.78 is 8.25. The standard InChI is InChI=1S/C25H24ClN5O4/c1-25(2,3)35-21(32)14-31-22-17(6-9-20(29-22)30-11-10-27-15-30)12-19(24(31)34)23(33)28-13-16-4-7-18(26)8-5-16/h4-12,15H,13-14H2,1-3H3,(H,28,33). The number of nitrogens with one attached hydrogen (secondary N) is 1. The maximum Gasteiger partial charge on any atom is 0.326 e. The van der Waals surface area contributed by atoms with Crippen molar-refractivity contribution >= 4 is 34.5 Å². The largest absolute Gasteiger partial charge is 0.459 e. The van der Waals surface area contributed by atoms with Gasteiger partial charge in [0.2, 0.25) is 0 Å². The molecule has 1 amide bonds. The smallest absolute Gasteiger partial charge is 0.326 e. The van der Waals surface area contributed by atoms with Crippen molar-refractivity contribution in [2.75, 3.05) is 0 Å². The Bertz CT molecular complexity index is 1440. The number of carbonyl (C=O) groups excluding carboxylic acids is 2. The minimum absolute atomic E-state index is 0.104. The molecule has 4 aromatic rings. The molecule has 4 rings (SSSR count). The van der Waals surface area contributed by atoms with Crippen LogP contribution in [0.2, 0.25) is 5.02 Å². The van der Waals surface area contributed by atoms with E-state index in [0.717, 1.165) is 5.56 Å². The highest BCUT2D eigenvalue weighted by atomic mass is 35.5. The number of halogens is 1. The second-order valence-corrected chi connectivity index (χ2v) is 9.33. The summed E-state index contributed by atoms with van der Waals surface area (Å²) in [5.41, 5.74) is -0.413. The predicted molar refractivity (Wildman–Crippen MR) is 132 cm³/mol. The predicted octanol–water partition coefficient (Wildman–Crippen LogP) is 3.51. The number of esters is 1. The lowest BCUT2D eigenvalue weighted by Gasteiger charge is -2.20. The molecule has 1 aromatic carbocycles. The van der Waals surface area contributed by atoms with Gasteiger partial charge in [-0.3, -0.25) is 23.5 Å². The summed E-state index contributed by atoms with van der Waals surface area (Å²) in [5, 5.41) is 3.86. The molecule has 0 aliphatic heterocycles. The van der Waals surface area contributed by atoms with E-state index in [0.29, 0.717) is 16.2 Å². The van der Waals surface area contributed by atoms with E-state index in [4.69, 9.17) is 16.3 Å². The fourth-order valence-corrected chi connectivity index (χ4v) is 3.59. The summed E-state index contributed by atoms with van der Waals surface area (Å²) in [7, 11) is 0. The van der Waals surface area contributed by atoms with Gasteiger partial charge in [0.15, 0.2) is 0 Å². The van der Waals surface area contributed by atoms with Crippen molar-refractivity contribution in [1.82, 2.24) is 24.4 Å². The third-order valence-electron chi connectivity index (χ3n) is 5.01. The highest BCUT2D eigenvalue weighted by Gasteiger charge is 2.22. The second kappa shape index (κ2) is 9.71. The molecule has 0 radical (unpaired) electrons. The van der Waals surface area contributed by atoms with Crippen LogP contribution in [0.4, 0.5) is 0 Å². The fraction of sp³-hybridized carbons (Fsp3) is 0.240. The zero-order valence-electron chi connectivity index (χ0n) is 19.5. The van der Waals surface area contributed by atoms with E-state index in [-0.39, 0.29) is 17.8 Å². The van der Waals surface area contributed by atoms with Crippen molar-refractivity contribution in [3.05, 3.63) is 87.7 Å². The summed E-state index contributed by atoms with van der Waals surface area (Å²) >= 11 is 5.91. The van der Waals surface area contributed by atoms with Crippen LogP contribution in [-0.2, 0) is 22.6 Å². The molecule has 3 heterocycles. The molecule has 1 N–H and O–H groups in total. The van der Waals surface area contributed by atoms with Crippen LogP contribution in [0.5, 0.6) is 0 Å². The molecule has 0 unspecified atom stereocenters. The van der Waals surface area contributed by atoms with Gasteiger partial charge in [0.05, 0.1) is 0 Å². The first-order valence-electron chi connectivity index (χ1n) is 10.9. The van der Waals surface area contributed by atoms with E-state index in [1.54, 1.807) is 80.5 Å². The average molecular weight is 494 g/mol. The van der Waals surface area contributed by atoms with Crippen molar-refractivity contribution in [2.45, 2.75) is 39.5 Å². The molecule has 180 valence electrons. The average Bonchev–Trinajstić information content (AvgIpc) is 3.34. The van der Waals surface area contributed by atoms with Crippen LogP contribution in [0.3, 0.4) is 0 Å². The first-order chi connectivity index (χ1) is 16.6. The van der Waals surface area contributed by atoms with Crippen LogP contribution in [0.1, 0.15) is 36.7 Å². The molecule has 0 aliphatic rings. The van der Waals surface area contributed by atoms with Crippen molar-refractivity contribution in [3.8, 4) is 5.82 Å². The molecule has 35 heavy (non-hydrogen) atoms. The molecule has 0 saturated heterocycles. The van der Waals surface area contributed by atoms with Gasteiger partial charge in [-0.15, -0.1) is 0 Å². The lowest BCUT2D eigenvalue weighted by atomic mass is 10.1. The first-order valence-corrected chi connectivity index (χ1v) is 11.3. The van der Waals surface area contributed by atoms with Crippen LogP contribution in [0.15, 0.2) is 66.0 Å². The number of pyridine rings is 2. The number of aromatic nitrogens is 4. The van der Waals surface area contributed by atoms with Crippen LogP contribution in [0, 0.1) is 0 Å². The van der Waals surface area contributed by atoms with Gasteiger partial charge in [0.25, 0.3) is 11.5 Å².